The van der Waals surface area contributed by atoms with Crippen molar-refractivity contribution in [1.29, 1.82) is 0 Å². The molecule has 12 heavy (non-hydrogen) atoms. The van der Waals surface area contributed by atoms with Crippen LogP contribution in [0.4, 0.5) is 4.79 Å². The molecular weight excluding hydrogens is 156 g/mol. The average Bonchev–Trinajstić information content (AvgIpc) is 2.30. The fraction of sp³-hybridized carbons (Fsp3) is 0.875. The maximum atomic E-state index is 10.5. The van der Waals surface area contributed by atoms with Crippen molar-refractivity contribution in [2.45, 2.75) is 18.9 Å². The SMILES string of the molecule is O=C(O)N[C@@H]1[C@@H]2CC[C@H]1CNC2. The highest BCUT2D eigenvalue weighted by Crippen LogP contribution is 2.33. The Morgan fingerprint density at radius 1 is 1.33 bits per heavy atom. The molecule has 1 heterocycles. The molecule has 2 fully saturated rings. The molecule has 1 amide bonds. The summed E-state index contributed by atoms with van der Waals surface area (Å²) in [5, 5.41) is 14.5. The molecule has 4 nitrogen and oxygen atoms in total. The molecule has 0 aromatic carbocycles. The van der Waals surface area contributed by atoms with E-state index in [4.69, 9.17) is 5.11 Å². The molecule has 0 unspecified atom stereocenters. The van der Waals surface area contributed by atoms with E-state index in [1.165, 1.54) is 12.8 Å². The Kier molecular flexibility index (Phi) is 1.92. The van der Waals surface area contributed by atoms with Crippen LogP contribution in [0, 0.1) is 11.8 Å². The number of hydrogen-bond donors (Lipinski definition) is 3. The van der Waals surface area contributed by atoms with Gasteiger partial charge in [0.25, 0.3) is 0 Å². The van der Waals surface area contributed by atoms with E-state index >= 15 is 0 Å². The first-order valence-corrected chi connectivity index (χ1v) is 4.47. The van der Waals surface area contributed by atoms with E-state index in [0.717, 1.165) is 13.1 Å². The largest absolute Gasteiger partial charge is 0.465 e. The quantitative estimate of drug-likeness (QED) is 0.528. The van der Waals surface area contributed by atoms with E-state index in [1.807, 2.05) is 0 Å². The Balaban J connectivity index is 2.00. The van der Waals surface area contributed by atoms with Crippen molar-refractivity contribution in [1.82, 2.24) is 10.6 Å². The number of carbonyl (C=O) groups is 1. The highest BCUT2D eigenvalue weighted by Gasteiger charge is 2.39. The number of hydrogen-bond acceptors (Lipinski definition) is 2. The van der Waals surface area contributed by atoms with E-state index in [2.05, 4.69) is 10.6 Å². The lowest BCUT2D eigenvalue weighted by Gasteiger charge is -2.30. The summed E-state index contributed by atoms with van der Waals surface area (Å²) in [7, 11) is 0. The highest BCUT2D eigenvalue weighted by atomic mass is 16.4. The van der Waals surface area contributed by atoms with E-state index < -0.39 is 6.09 Å². The molecule has 1 aliphatic carbocycles. The number of rotatable bonds is 1. The first kappa shape index (κ1) is 7.86. The van der Waals surface area contributed by atoms with Gasteiger partial charge in [0.15, 0.2) is 0 Å². The lowest BCUT2D eigenvalue weighted by atomic mass is 9.94. The van der Waals surface area contributed by atoms with Crippen molar-refractivity contribution in [2.24, 2.45) is 11.8 Å². The average molecular weight is 170 g/mol. The van der Waals surface area contributed by atoms with Gasteiger partial charge < -0.3 is 15.7 Å². The third kappa shape index (κ3) is 1.27. The summed E-state index contributed by atoms with van der Waals surface area (Å²) >= 11 is 0. The molecule has 1 saturated heterocycles. The molecular formula is C8H14N2O2. The van der Waals surface area contributed by atoms with Crippen LogP contribution in [-0.4, -0.2) is 30.3 Å². The third-order valence-electron chi connectivity index (χ3n) is 3.03. The molecule has 4 heteroatoms. The molecule has 1 aliphatic heterocycles. The van der Waals surface area contributed by atoms with Gasteiger partial charge in [0, 0.05) is 6.04 Å². The summed E-state index contributed by atoms with van der Waals surface area (Å²) in [6, 6.07) is 0.212. The number of carboxylic acid groups (broad SMARTS) is 1. The van der Waals surface area contributed by atoms with Gasteiger partial charge in [-0.1, -0.05) is 0 Å². The lowest BCUT2D eigenvalue weighted by molar-refractivity contribution is 0.176. The molecule has 2 bridgehead atoms. The number of piperidine rings is 1. The van der Waals surface area contributed by atoms with Gasteiger partial charge >= 0.3 is 6.09 Å². The van der Waals surface area contributed by atoms with Crippen LogP contribution < -0.4 is 10.6 Å². The maximum Gasteiger partial charge on any atom is 0.404 e. The molecule has 0 aromatic rings. The Morgan fingerprint density at radius 2 is 1.92 bits per heavy atom. The van der Waals surface area contributed by atoms with Gasteiger partial charge in [-0.25, -0.2) is 4.79 Å². The fourth-order valence-electron chi connectivity index (χ4n) is 2.46. The van der Waals surface area contributed by atoms with Crippen molar-refractivity contribution < 1.29 is 9.90 Å². The zero-order valence-corrected chi connectivity index (χ0v) is 6.92. The monoisotopic (exact) mass is 170 g/mol. The van der Waals surface area contributed by atoms with Gasteiger partial charge in [0.1, 0.15) is 0 Å². The van der Waals surface area contributed by atoms with E-state index in [9.17, 15) is 4.79 Å². The van der Waals surface area contributed by atoms with E-state index in [1.54, 1.807) is 0 Å². The van der Waals surface area contributed by atoms with Gasteiger partial charge in [0.2, 0.25) is 0 Å². The predicted molar refractivity (Wildman–Crippen MR) is 44.0 cm³/mol. The van der Waals surface area contributed by atoms with Crippen LogP contribution in [0.5, 0.6) is 0 Å². The summed E-state index contributed by atoms with van der Waals surface area (Å²) in [6.45, 7) is 1.95. The van der Waals surface area contributed by atoms with Gasteiger partial charge in [0.05, 0.1) is 0 Å². The molecule has 0 spiro atoms. The van der Waals surface area contributed by atoms with Gasteiger partial charge in [-0.05, 0) is 37.8 Å². The number of amides is 1. The second-order valence-electron chi connectivity index (χ2n) is 3.73. The van der Waals surface area contributed by atoms with Crippen LogP contribution >= 0.6 is 0 Å². The van der Waals surface area contributed by atoms with E-state index in [0.29, 0.717) is 11.8 Å². The first-order valence-electron chi connectivity index (χ1n) is 4.47. The molecule has 0 aromatic heterocycles. The van der Waals surface area contributed by atoms with Gasteiger partial charge in [-0.15, -0.1) is 0 Å². The Labute approximate surface area is 71.3 Å². The Hall–Kier alpha value is -0.770. The van der Waals surface area contributed by atoms with E-state index in [-0.39, 0.29) is 6.04 Å². The zero-order valence-electron chi connectivity index (χ0n) is 6.92. The maximum absolute atomic E-state index is 10.5. The number of nitrogens with one attached hydrogen (secondary N) is 2. The molecule has 2 aliphatic rings. The Bertz CT molecular complexity index is 179. The summed E-state index contributed by atoms with van der Waals surface area (Å²) in [5.74, 6) is 1.06. The van der Waals surface area contributed by atoms with Crippen LogP contribution in [0.3, 0.4) is 0 Å². The molecule has 0 radical (unpaired) electrons. The van der Waals surface area contributed by atoms with Crippen molar-refractivity contribution >= 4 is 6.09 Å². The molecule has 1 saturated carbocycles. The lowest BCUT2D eigenvalue weighted by Crippen LogP contribution is -2.50. The third-order valence-corrected chi connectivity index (χ3v) is 3.03. The fourth-order valence-corrected chi connectivity index (χ4v) is 2.46. The zero-order chi connectivity index (χ0) is 8.55. The van der Waals surface area contributed by atoms with Crippen LogP contribution in [0.25, 0.3) is 0 Å². The standard InChI is InChI=1S/C8H14N2O2/c11-8(12)10-7-5-1-2-6(7)4-9-3-5/h5-7,9-10H,1-4H2,(H,11,12)/t5-,6+,7-. The van der Waals surface area contributed by atoms with Crippen LogP contribution in [0.2, 0.25) is 0 Å². The minimum atomic E-state index is -0.876. The smallest absolute Gasteiger partial charge is 0.404 e. The molecule has 3 atom stereocenters. The number of fused-ring (bicyclic) bond motifs is 2. The van der Waals surface area contributed by atoms with Crippen molar-refractivity contribution in [3.05, 3.63) is 0 Å². The highest BCUT2D eigenvalue weighted by molar-refractivity contribution is 5.65. The van der Waals surface area contributed by atoms with Gasteiger partial charge in [-0.2, -0.15) is 0 Å². The van der Waals surface area contributed by atoms with Crippen molar-refractivity contribution in [2.75, 3.05) is 13.1 Å². The van der Waals surface area contributed by atoms with Gasteiger partial charge in [-0.3, -0.25) is 0 Å². The molecule has 3 N–H and O–H groups in total. The first-order chi connectivity index (χ1) is 5.77. The summed E-state index contributed by atoms with van der Waals surface area (Å²) in [5.41, 5.74) is 0. The summed E-state index contributed by atoms with van der Waals surface area (Å²) < 4.78 is 0. The van der Waals surface area contributed by atoms with Crippen LogP contribution in [0.15, 0.2) is 0 Å². The Morgan fingerprint density at radius 3 is 2.42 bits per heavy atom. The predicted octanol–water partition coefficient (Wildman–Crippen LogP) is 0.252. The van der Waals surface area contributed by atoms with Crippen molar-refractivity contribution in [3.63, 3.8) is 0 Å². The minimum Gasteiger partial charge on any atom is -0.465 e. The topological polar surface area (TPSA) is 61.4 Å². The summed E-state index contributed by atoms with van der Waals surface area (Å²) in [6.07, 6.45) is 1.46. The summed E-state index contributed by atoms with van der Waals surface area (Å²) in [4.78, 5) is 10.5. The molecule has 2 rings (SSSR count). The van der Waals surface area contributed by atoms with Crippen LogP contribution in [-0.2, 0) is 0 Å². The van der Waals surface area contributed by atoms with Crippen LogP contribution in [0.1, 0.15) is 12.8 Å². The van der Waals surface area contributed by atoms with Crippen molar-refractivity contribution in [3.8, 4) is 0 Å². The normalized spacial score (nSPS) is 39.5. The second-order valence-corrected chi connectivity index (χ2v) is 3.73. The second kappa shape index (κ2) is 2.94. The minimum absolute atomic E-state index is 0.212. The molecule has 68 valence electrons.